The Morgan fingerprint density at radius 3 is 2.95 bits per heavy atom. The van der Waals surface area contributed by atoms with Crippen molar-refractivity contribution in [1.29, 1.82) is 0 Å². The van der Waals surface area contributed by atoms with Crippen molar-refractivity contribution in [2.45, 2.75) is 26.3 Å². The number of nitrogens with one attached hydrogen (secondary N) is 2. The topological polar surface area (TPSA) is 63.3 Å². The van der Waals surface area contributed by atoms with E-state index in [1.807, 2.05) is 26.1 Å². The number of rotatable bonds is 7. The normalized spacial score (nSPS) is 14.2. The van der Waals surface area contributed by atoms with E-state index < -0.39 is 0 Å². The molecule has 0 aliphatic heterocycles. The van der Waals surface area contributed by atoms with Crippen LogP contribution in [0.3, 0.4) is 0 Å². The highest BCUT2D eigenvalue weighted by Crippen LogP contribution is 2.27. The Kier molecular flexibility index (Phi) is 4.74. The fourth-order valence-electron chi connectivity index (χ4n) is 1.80. The lowest BCUT2D eigenvalue weighted by molar-refractivity contribution is -0.123. The summed E-state index contributed by atoms with van der Waals surface area (Å²) in [5.74, 6) is 1.29. The third-order valence-electron chi connectivity index (χ3n) is 3.06. The van der Waals surface area contributed by atoms with Gasteiger partial charge in [-0.05, 0) is 44.9 Å². The average Bonchev–Trinajstić information content (AvgIpc) is 3.20. The van der Waals surface area contributed by atoms with E-state index in [1.165, 1.54) is 12.8 Å². The van der Waals surface area contributed by atoms with Crippen LogP contribution >= 0.6 is 0 Å². The van der Waals surface area contributed by atoms with E-state index in [9.17, 15) is 4.79 Å². The van der Waals surface area contributed by atoms with Gasteiger partial charge in [-0.3, -0.25) is 9.78 Å². The van der Waals surface area contributed by atoms with E-state index in [0.717, 1.165) is 17.9 Å². The molecule has 1 fully saturated rings. The number of aryl methyl sites for hydroxylation is 1. The SMILES string of the molecule is CNCc1nc(C)ccc1OCC(=O)NCC1CC1. The maximum Gasteiger partial charge on any atom is 0.257 e. The third-order valence-corrected chi connectivity index (χ3v) is 3.06. The first-order valence-electron chi connectivity index (χ1n) is 6.69. The second kappa shape index (κ2) is 6.52. The number of ether oxygens (including phenoxy) is 1. The quantitative estimate of drug-likeness (QED) is 0.771. The molecule has 1 aliphatic rings. The summed E-state index contributed by atoms with van der Waals surface area (Å²) in [7, 11) is 1.86. The number of nitrogens with zero attached hydrogens (tertiary/aromatic N) is 1. The first-order valence-corrected chi connectivity index (χ1v) is 6.69. The van der Waals surface area contributed by atoms with Crippen molar-refractivity contribution in [1.82, 2.24) is 15.6 Å². The van der Waals surface area contributed by atoms with Gasteiger partial charge in [0.1, 0.15) is 5.75 Å². The molecule has 1 aromatic rings. The van der Waals surface area contributed by atoms with Gasteiger partial charge in [-0.25, -0.2) is 0 Å². The summed E-state index contributed by atoms with van der Waals surface area (Å²) >= 11 is 0. The summed E-state index contributed by atoms with van der Waals surface area (Å²) in [5.41, 5.74) is 1.77. The van der Waals surface area contributed by atoms with Gasteiger partial charge in [0.05, 0.1) is 5.69 Å². The zero-order valence-electron chi connectivity index (χ0n) is 11.5. The summed E-state index contributed by atoms with van der Waals surface area (Å²) < 4.78 is 5.54. The molecule has 2 N–H and O–H groups in total. The van der Waals surface area contributed by atoms with E-state index in [1.54, 1.807) is 0 Å². The van der Waals surface area contributed by atoms with Crippen molar-refractivity contribution in [2.24, 2.45) is 5.92 Å². The van der Waals surface area contributed by atoms with E-state index >= 15 is 0 Å². The lowest BCUT2D eigenvalue weighted by atomic mass is 10.3. The maximum absolute atomic E-state index is 11.6. The number of amides is 1. The zero-order valence-corrected chi connectivity index (χ0v) is 11.5. The molecule has 1 amide bonds. The van der Waals surface area contributed by atoms with Gasteiger partial charge < -0.3 is 15.4 Å². The minimum absolute atomic E-state index is 0.0498. The van der Waals surface area contributed by atoms with Crippen molar-refractivity contribution in [3.05, 3.63) is 23.5 Å². The summed E-state index contributed by atoms with van der Waals surface area (Å²) in [5, 5.41) is 5.92. The molecule has 1 aliphatic carbocycles. The standard InChI is InChI=1S/C14H21N3O2/c1-10-3-6-13(12(17-10)8-15-2)19-9-14(18)16-7-11-4-5-11/h3,6,11,15H,4-5,7-9H2,1-2H3,(H,16,18). The number of hydrogen-bond donors (Lipinski definition) is 2. The van der Waals surface area contributed by atoms with Crippen molar-refractivity contribution < 1.29 is 9.53 Å². The number of carbonyl (C=O) groups is 1. The first kappa shape index (κ1) is 13.8. The summed E-state index contributed by atoms with van der Waals surface area (Å²) in [6, 6.07) is 3.75. The molecule has 0 aromatic carbocycles. The van der Waals surface area contributed by atoms with Gasteiger partial charge in [0.2, 0.25) is 0 Å². The lowest BCUT2D eigenvalue weighted by Gasteiger charge is -2.11. The fourth-order valence-corrected chi connectivity index (χ4v) is 1.80. The predicted molar refractivity (Wildman–Crippen MR) is 73.0 cm³/mol. The Hall–Kier alpha value is -1.62. The molecule has 104 valence electrons. The molecule has 1 aromatic heterocycles. The van der Waals surface area contributed by atoms with Gasteiger partial charge in [-0.2, -0.15) is 0 Å². The van der Waals surface area contributed by atoms with Crippen LogP contribution in [-0.2, 0) is 11.3 Å². The fraction of sp³-hybridized carbons (Fsp3) is 0.571. The second-order valence-electron chi connectivity index (χ2n) is 4.96. The van der Waals surface area contributed by atoms with Crippen LogP contribution in [0.25, 0.3) is 0 Å². The van der Waals surface area contributed by atoms with Crippen LogP contribution in [0.4, 0.5) is 0 Å². The summed E-state index contributed by atoms with van der Waals surface area (Å²) in [6.07, 6.45) is 2.46. The molecule has 0 bridgehead atoms. The Morgan fingerprint density at radius 1 is 1.47 bits per heavy atom. The van der Waals surface area contributed by atoms with Gasteiger partial charge in [-0.15, -0.1) is 0 Å². The molecular weight excluding hydrogens is 242 g/mol. The summed E-state index contributed by atoms with van der Waals surface area (Å²) in [4.78, 5) is 16.0. The highest BCUT2D eigenvalue weighted by atomic mass is 16.5. The van der Waals surface area contributed by atoms with Crippen LogP contribution in [0.1, 0.15) is 24.2 Å². The highest BCUT2D eigenvalue weighted by Gasteiger charge is 2.21. The average molecular weight is 263 g/mol. The molecule has 1 saturated carbocycles. The molecule has 0 atom stereocenters. The van der Waals surface area contributed by atoms with Crippen LogP contribution in [0, 0.1) is 12.8 Å². The van der Waals surface area contributed by atoms with Crippen molar-refractivity contribution in [2.75, 3.05) is 20.2 Å². The van der Waals surface area contributed by atoms with Crippen LogP contribution in [0.5, 0.6) is 5.75 Å². The first-order chi connectivity index (χ1) is 9.19. The Morgan fingerprint density at radius 2 is 2.26 bits per heavy atom. The number of hydrogen-bond acceptors (Lipinski definition) is 4. The Bertz CT molecular complexity index is 444. The molecule has 19 heavy (non-hydrogen) atoms. The van der Waals surface area contributed by atoms with Crippen molar-refractivity contribution in [3.63, 3.8) is 0 Å². The smallest absolute Gasteiger partial charge is 0.257 e. The Balaban J connectivity index is 1.84. The molecule has 0 unspecified atom stereocenters. The molecule has 0 spiro atoms. The lowest BCUT2D eigenvalue weighted by Crippen LogP contribution is -2.30. The molecular formula is C14H21N3O2. The molecule has 1 heterocycles. The molecule has 0 saturated heterocycles. The largest absolute Gasteiger partial charge is 0.482 e. The van der Waals surface area contributed by atoms with Gasteiger partial charge in [-0.1, -0.05) is 0 Å². The van der Waals surface area contributed by atoms with E-state index in [2.05, 4.69) is 15.6 Å². The van der Waals surface area contributed by atoms with Crippen molar-refractivity contribution in [3.8, 4) is 5.75 Å². The van der Waals surface area contributed by atoms with E-state index in [4.69, 9.17) is 4.74 Å². The second-order valence-corrected chi connectivity index (χ2v) is 4.96. The van der Waals surface area contributed by atoms with E-state index in [0.29, 0.717) is 18.2 Å². The van der Waals surface area contributed by atoms with Gasteiger partial charge in [0, 0.05) is 18.8 Å². The monoisotopic (exact) mass is 263 g/mol. The van der Waals surface area contributed by atoms with Crippen LogP contribution < -0.4 is 15.4 Å². The molecule has 2 rings (SSSR count). The highest BCUT2D eigenvalue weighted by molar-refractivity contribution is 5.77. The third kappa shape index (κ3) is 4.52. The molecule has 5 nitrogen and oxygen atoms in total. The van der Waals surface area contributed by atoms with Gasteiger partial charge in [0.15, 0.2) is 6.61 Å². The summed E-state index contributed by atoms with van der Waals surface area (Å²) in [6.45, 7) is 3.39. The number of carbonyl (C=O) groups excluding carboxylic acids is 1. The molecule has 5 heteroatoms. The minimum Gasteiger partial charge on any atom is -0.482 e. The van der Waals surface area contributed by atoms with Crippen molar-refractivity contribution >= 4 is 5.91 Å². The van der Waals surface area contributed by atoms with E-state index in [-0.39, 0.29) is 12.5 Å². The Labute approximate surface area is 113 Å². The number of pyridine rings is 1. The van der Waals surface area contributed by atoms with Gasteiger partial charge >= 0.3 is 0 Å². The maximum atomic E-state index is 11.6. The number of aromatic nitrogens is 1. The van der Waals surface area contributed by atoms with Crippen LogP contribution in [0.15, 0.2) is 12.1 Å². The van der Waals surface area contributed by atoms with Crippen LogP contribution in [0.2, 0.25) is 0 Å². The van der Waals surface area contributed by atoms with Gasteiger partial charge in [0.25, 0.3) is 5.91 Å². The predicted octanol–water partition coefficient (Wildman–Crippen LogP) is 1.01. The minimum atomic E-state index is -0.0668. The zero-order chi connectivity index (χ0) is 13.7. The molecule has 0 radical (unpaired) electrons. The van der Waals surface area contributed by atoms with Crippen LogP contribution in [-0.4, -0.2) is 31.1 Å².